The van der Waals surface area contributed by atoms with Gasteiger partial charge in [0.1, 0.15) is 0 Å². The standard InChI is InChI=1S/C16H35NO/c1-4-7-8-9-10-11-12-13-16-17(18,14-5-2)15-6-3/h4-16H2,1-3H3. The molecular formula is C16H35NO. The number of rotatable bonds is 13. The van der Waals surface area contributed by atoms with Crippen molar-refractivity contribution in [2.45, 2.75) is 85.0 Å². The van der Waals surface area contributed by atoms with E-state index in [0.717, 1.165) is 38.9 Å². The summed E-state index contributed by atoms with van der Waals surface area (Å²) in [5.74, 6) is 0. The van der Waals surface area contributed by atoms with E-state index in [-0.39, 0.29) is 4.65 Å². The van der Waals surface area contributed by atoms with E-state index in [9.17, 15) is 5.21 Å². The Morgan fingerprint density at radius 3 is 1.44 bits per heavy atom. The molecule has 0 unspecified atom stereocenters. The van der Waals surface area contributed by atoms with Gasteiger partial charge in [0, 0.05) is 0 Å². The molecule has 0 aromatic rings. The van der Waals surface area contributed by atoms with E-state index in [0.29, 0.717) is 0 Å². The average molecular weight is 257 g/mol. The van der Waals surface area contributed by atoms with E-state index in [1.165, 1.54) is 44.9 Å². The van der Waals surface area contributed by atoms with Gasteiger partial charge in [-0.2, -0.15) is 0 Å². The van der Waals surface area contributed by atoms with E-state index >= 15 is 0 Å². The van der Waals surface area contributed by atoms with Gasteiger partial charge >= 0.3 is 0 Å². The molecule has 0 atom stereocenters. The summed E-state index contributed by atoms with van der Waals surface area (Å²) in [4.78, 5) is 0. The first-order chi connectivity index (χ1) is 8.68. The molecule has 2 nitrogen and oxygen atoms in total. The van der Waals surface area contributed by atoms with E-state index in [1.54, 1.807) is 0 Å². The zero-order valence-electron chi connectivity index (χ0n) is 13.0. The molecule has 0 fully saturated rings. The van der Waals surface area contributed by atoms with Crippen LogP contribution in [0.15, 0.2) is 0 Å². The monoisotopic (exact) mass is 257 g/mol. The van der Waals surface area contributed by atoms with Gasteiger partial charge in [-0.3, -0.25) is 0 Å². The fourth-order valence-corrected chi connectivity index (χ4v) is 2.68. The number of unbranched alkanes of at least 4 members (excludes halogenated alkanes) is 7. The molecule has 0 aliphatic heterocycles. The lowest BCUT2D eigenvalue weighted by Gasteiger charge is -2.42. The second-order valence-electron chi connectivity index (χ2n) is 5.70. The van der Waals surface area contributed by atoms with Gasteiger partial charge < -0.3 is 9.85 Å². The second kappa shape index (κ2) is 12.0. The number of quaternary nitrogens is 1. The molecule has 0 rings (SSSR count). The number of nitrogens with zero attached hydrogens (tertiary/aromatic N) is 1. The third-order valence-corrected chi connectivity index (χ3v) is 3.68. The van der Waals surface area contributed by atoms with Crippen LogP contribution in [0.1, 0.15) is 85.0 Å². The van der Waals surface area contributed by atoms with Gasteiger partial charge in [0.15, 0.2) is 0 Å². The molecule has 0 aromatic carbocycles. The SMILES string of the molecule is CCCCCCCCCC[N+]([O-])(CCC)CCC. The van der Waals surface area contributed by atoms with Crippen LogP contribution in [0.5, 0.6) is 0 Å². The highest BCUT2D eigenvalue weighted by molar-refractivity contribution is 4.49. The molecular weight excluding hydrogens is 222 g/mol. The first-order valence-electron chi connectivity index (χ1n) is 8.25. The molecule has 0 aromatic heterocycles. The van der Waals surface area contributed by atoms with Crippen LogP contribution in [0.2, 0.25) is 0 Å². The van der Waals surface area contributed by atoms with Crippen LogP contribution in [0.25, 0.3) is 0 Å². The topological polar surface area (TPSA) is 23.1 Å². The van der Waals surface area contributed by atoms with Crippen molar-refractivity contribution < 1.29 is 4.65 Å². The summed E-state index contributed by atoms with van der Waals surface area (Å²) in [6.07, 6.45) is 12.6. The molecule has 110 valence electrons. The summed E-state index contributed by atoms with van der Waals surface area (Å²) >= 11 is 0. The predicted molar refractivity (Wildman–Crippen MR) is 81.4 cm³/mol. The Bertz CT molecular complexity index is 164. The Kier molecular flexibility index (Phi) is 11.9. The van der Waals surface area contributed by atoms with E-state index in [1.807, 2.05) is 0 Å². The molecule has 0 aliphatic rings. The van der Waals surface area contributed by atoms with Crippen molar-refractivity contribution in [2.75, 3.05) is 19.6 Å². The van der Waals surface area contributed by atoms with Gasteiger partial charge in [-0.15, -0.1) is 0 Å². The number of hydrogen-bond acceptors (Lipinski definition) is 1. The second-order valence-corrected chi connectivity index (χ2v) is 5.70. The Hall–Kier alpha value is -0.0800. The van der Waals surface area contributed by atoms with Crippen molar-refractivity contribution in [1.29, 1.82) is 0 Å². The first-order valence-corrected chi connectivity index (χ1v) is 8.25. The highest BCUT2D eigenvalue weighted by Gasteiger charge is 2.13. The van der Waals surface area contributed by atoms with Gasteiger partial charge in [0.25, 0.3) is 0 Å². The summed E-state index contributed by atoms with van der Waals surface area (Å²) in [6, 6.07) is 0. The molecule has 0 bridgehead atoms. The maximum atomic E-state index is 12.4. The highest BCUT2D eigenvalue weighted by atomic mass is 16.5. The van der Waals surface area contributed by atoms with Crippen LogP contribution in [0.4, 0.5) is 0 Å². The Morgan fingerprint density at radius 1 is 0.556 bits per heavy atom. The predicted octanol–water partition coefficient (Wildman–Crippen LogP) is 5.26. The first kappa shape index (κ1) is 17.9. The fourth-order valence-electron chi connectivity index (χ4n) is 2.68. The summed E-state index contributed by atoms with van der Waals surface area (Å²) in [5, 5.41) is 12.4. The number of hydroxylamine groups is 3. The van der Waals surface area contributed by atoms with Crippen molar-refractivity contribution in [1.82, 2.24) is 0 Å². The smallest absolute Gasteiger partial charge is 0.0783 e. The third-order valence-electron chi connectivity index (χ3n) is 3.68. The van der Waals surface area contributed by atoms with Crippen LogP contribution in [0.3, 0.4) is 0 Å². The minimum absolute atomic E-state index is 0.0584. The van der Waals surface area contributed by atoms with Gasteiger partial charge in [0.2, 0.25) is 0 Å². The normalized spacial score (nSPS) is 12.0. The van der Waals surface area contributed by atoms with Gasteiger partial charge in [-0.25, -0.2) is 0 Å². The molecule has 0 heterocycles. The minimum Gasteiger partial charge on any atom is -0.633 e. The van der Waals surface area contributed by atoms with Gasteiger partial charge in [0.05, 0.1) is 19.6 Å². The zero-order chi connectivity index (χ0) is 13.7. The Balaban J connectivity index is 3.49. The van der Waals surface area contributed by atoms with E-state index in [4.69, 9.17) is 0 Å². The highest BCUT2D eigenvalue weighted by Crippen LogP contribution is 2.13. The van der Waals surface area contributed by atoms with E-state index < -0.39 is 0 Å². The van der Waals surface area contributed by atoms with Crippen molar-refractivity contribution in [3.63, 3.8) is 0 Å². The summed E-state index contributed by atoms with van der Waals surface area (Å²) in [5.41, 5.74) is 0. The van der Waals surface area contributed by atoms with Crippen LogP contribution in [0, 0.1) is 5.21 Å². The summed E-state index contributed by atoms with van der Waals surface area (Å²) in [7, 11) is 0. The van der Waals surface area contributed by atoms with Gasteiger partial charge in [-0.1, -0.05) is 59.3 Å². The van der Waals surface area contributed by atoms with Crippen molar-refractivity contribution >= 4 is 0 Å². The van der Waals surface area contributed by atoms with Gasteiger partial charge in [-0.05, 0) is 25.7 Å². The van der Waals surface area contributed by atoms with Crippen molar-refractivity contribution in [3.05, 3.63) is 5.21 Å². The quantitative estimate of drug-likeness (QED) is 0.251. The van der Waals surface area contributed by atoms with Crippen molar-refractivity contribution in [2.24, 2.45) is 0 Å². The molecule has 0 saturated heterocycles. The number of hydrogen-bond donors (Lipinski definition) is 0. The fraction of sp³-hybridized carbons (Fsp3) is 1.00. The Labute approximate surface area is 115 Å². The average Bonchev–Trinajstić information content (AvgIpc) is 2.33. The third kappa shape index (κ3) is 9.90. The largest absolute Gasteiger partial charge is 0.633 e. The minimum atomic E-state index is 0.0584. The molecule has 0 saturated carbocycles. The lowest BCUT2D eigenvalue weighted by atomic mass is 10.1. The van der Waals surface area contributed by atoms with Crippen LogP contribution < -0.4 is 0 Å². The summed E-state index contributed by atoms with van der Waals surface area (Å²) in [6.45, 7) is 8.96. The Morgan fingerprint density at radius 2 is 1.00 bits per heavy atom. The molecule has 0 amide bonds. The maximum Gasteiger partial charge on any atom is 0.0783 e. The molecule has 0 radical (unpaired) electrons. The van der Waals surface area contributed by atoms with Crippen LogP contribution >= 0.6 is 0 Å². The van der Waals surface area contributed by atoms with Crippen LogP contribution in [-0.4, -0.2) is 24.3 Å². The molecule has 0 aliphatic carbocycles. The lowest BCUT2D eigenvalue weighted by Crippen LogP contribution is -2.44. The lowest BCUT2D eigenvalue weighted by molar-refractivity contribution is -0.881. The zero-order valence-corrected chi connectivity index (χ0v) is 13.0. The summed E-state index contributed by atoms with van der Waals surface area (Å²) < 4.78 is 0.0584. The molecule has 0 spiro atoms. The van der Waals surface area contributed by atoms with Crippen LogP contribution in [-0.2, 0) is 0 Å². The van der Waals surface area contributed by atoms with Crippen molar-refractivity contribution in [3.8, 4) is 0 Å². The van der Waals surface area contributed by atoms with E-state index in [2.05, 4.69) is 20.8 Å². The molecule has 0 N–H and O–H groups in total. The molecule has 18 heavy (non-hydrogen) atoms. The maximum absolute atomic E-state index is 12.4. The molecule has 2 heteroatoms.